The van der Waals surface area contributed by atoms with Crippen LogP contribution in [-0.2, 0) is 19.1 Å². The van der Waals surface area contributed by atoms with Crippen LogP contribution in [0.4, 0.5) is 19.3 Å². The molecule has 0 bridgehead atoms. The van der Waals surface area contributed by atoms with Crippen LogP contribution in [0, 0.1) is 11.6 Å². The number of nitrogens with one attached hydrogen (secondary N) is 1. The fraction of sp³-hybridized carbons (Fsp3) is 0.474. The molecule has 0 atom stereocenters. The summed E-state index contributed by atoms with van der Waals surface area (Å²) in [5.41, 5.74) is -1.18. The van der Waals surface area contributed by atoms with Crippen molar-refractivity contribution in [2.24, 2.45) is 0 Å². The Kier molecular flexibility index (Phi) is 5.81. The highest BCUT2D eigenvalue weighted by Crippen LogP contribution is 2.39. The molecule has 3 rings (SSSR count). The summed E-state index contributed by atoms with van der Waals surface area (Å²) in [6.45, 7) is -1.35. The number of carbonyl (C=O) groups excluding carboxylic acids is 4. The van der Waals surface area contributed by atoms with E-state index in [9.17, 15) is 28.0 Å². The van der Waals surface area contributed by atoms with Gasteiger partial charge in [-0.25, -0.2) is 13.6 Å². The van der Waals surface area contributed by atoms with E-state index in [-0.39, 0.29) is 5.69 Å². The second-order valence-corrected chi connectivity index (χ2v) is 7.16. The number of benzene rings is 1. The first-order valence-electron chi connectivity index (χ1n) is 9.25. The van der Waals surface area contributed by atoms with Gasteiger partial charge in [-0.05, 0) is 25.0 Å². The lowest BCUT2D eigenvalue weighted by atomic mass is 9.81. The highest BCUT2D eigenvalue weighted by Gasteiger charge is 2.55. The molecule has 4 amide bonds. The molecule has 1 heterocycles. The molecule has 0 aromatic heterocycles. The molecule has 1 aromatic rings. The van der Waals surface area contributed by atoms with Crippen LogP contribution in [0.2, 0.25) is 0 Å². The van der Waals surface area contributed by atoms with Gasteiger partial charge in [0.05, 0.1) is 5.69 Å². The number of rotatable bonds is 5. The maximum atomic E-state index is 13.5. The van der Waals surface area contributed by atoms with E-state index >= 15 is 0 Å². The zero-order valence-electron chi connectivity index (χ0n) is 15.9. The molecule has 10 heteroatoms. The van der Waals surface area contributed by atoms with Crippen LogP contribution in [0.25, 0.3) is 0 Å². The van der Waals surface area contributed by atoms with Crippen molar-refractivity contribution in [1.29, 1.82) is 0 Å². The third-order valence-corrected chi connectivity index (χ3v) is 5.34. The highest BCUT2D eigenvalue weighted by atomic mass is 19.1. The van der Waals surface area contributed by atoms with Gasteiger partial charge < -0.3 is 15.0 Å². The largest absolute Gasteiger partial charge is 0.454 e. The van der Waals surface area contributed by atoms with Crippen molar-refractivity contribution in [2.75, 3.05) is 25.5 Å². The lowest BCUT2D eigenvalue weighted by Gasteiger charge is -2.35. The van der Waals surface area contributed by atoms with Crippen molar-refractivity contribution in [2.45, 2.75) is 37.6 Å². The van der Waals surface area contributed by atoms with Gasteiger partial charge in [0, 0.05) is 13.1 Å². The second kappa shape index (κ2) is 8.14. The molecular formula is C19H21F2N3O5. The average Bonchev–Trinajstić information content (AvgIpc) is 2.85. The maximum absolute atomic E-state index is 13.5. The zero-order chi connectivity index (χ0) is 21.2. The lowest BCUT2D eigenvalue weighted by Crippen LogP contribution is -2.49. The minimum Gasteiger partial charge on any atom is -0.454 e. The Morgan fingerprint density at radius 1 is 1.17 bits per heavy atom. The smallest absolute Gasteiger partial charge is 0.327 e. The van der Waals surface area contributed by atoms with E-state index < -0.39 is 54.1 Å². The average molecular weight is 409 g/mol. The topological polar surface area (TPSA) is 96.0 Å². The first-order valence-corrected chi connectivity index (χ1v) is 9.25. The Morgan fingerprint density at radius 3 is 2.52 bits per heavy atom. The minimum absolute atomic E-state index is 0.266. The van der Waals surface area contributed by atoms with Crippen molar-refractivity contribution in [1.82, 2.24) is 9.80 Å². The standard InChI is InChI=1S/C19H21F2N3O5/c1-23-18(28)24(17(27)19(23)7-3-2-4-8-19)10-16(26)29-11-15(25)22-14-6-5-12(20)9-13(14)21/h5-6,9H,2-4,7-8,10-11H2,1H3,(H,22,25). The molecule has 8 nitrogen and oxygen atoms in total. The predicted octanol–water partition coefficient (Wildman–Crippen LogP) is 2.04. The third kappa shape index (κ3) is 4.06. The van der Waals surface area contributed by atoms with Gasteiger partial charge in [0.2, 0.25) is 0 Å². The molecule has 29 heavy (non-hydrogen) atoms. The van der Waals surface area contributed by atoms with Crippen LogP contribution in [0.15, 0.2) is 18.2 Å². The Bertz CT molecular complexity index is 854. The summed E-state index contributed by atoms with van der Waals surface area (Å²) in [7, 11) is 1.54. The maximum Gasteiger partial charge on any atom is 0.327 e. The van der Waals surface area contributed by atoms with E-state index in [0.29, 0.717) is 18.9 Å². The van der Waals surface area contributed by atoms with Crippen LogP contribution < -0.4 is 5.32 Å². The number of halogens is 2. The summed E-state index contributed by atoms with van der Waals surface area (Å²) >= 11 is 0. The van der Waals surface area contributed by atoms with E-state index in [1.54, 1.807) is 7.05 Å². The molecule has 2 aliphatic rings. The number of nitrogens with zero attached hydrogens (tertiary/aromatic N) is 2. The monoisotopic (exact) mass is 409 g/mol. The normalized spacial score (nSPS) is 18.3. The highest BCUT2D eigenvalue weighted by molar-refractivity contribution is 6.08. The quantitative estimate of drug-likeness (QED) is 0.593. The Labute approximate surface area is 165 Å². The summed E-state index contributed by atoms with van der Waals surface area (Å²) in [5.74, 6) is -3.99. The van der Waals surface area contributed by atoms with Gasteiger partial charge in [-0.3, -0.25) is 19.3 Å². The summed E-state index contributed by atoms with van der Waals surface area (Å²) in [6.07, 6.45) is 3.73. The van der Waals surface area contributed by atoms with Crippen molar-refractivity contribution in [3.8, 4) is 0 Å². The molecule has 1 aromatic carbocycles. The van der Waals surface area contributed by atoms with Gasteiger partial charge in [0.1, 0.15) is 23.7 Å². The van der Waals surface area contributed by atoms with Gasteiger partial charge in [-0.15, -0.1) is 0 Å². The molecule has 156 valence electrons. The zero-order valence-corrected chi connectivity index (χ0v) is 15.9. The molecule has 2 fully saturated rings. The first kappa shape index (κ1) is 20.7. The summed E-state index contributed by atoms with van der Waals surface area (Å²) in [4.78, 5) is 51.3. The fourth-order valence-electron chi connectivity index (χ4n) is 3.77. The van der Waals surface area contributed by atoms with E-state index in [0.717, 1.165) is 36.3 Å². The number of imide groups is 1. The SMILES string of the molecule is CN1C(=O)N(CC(=O)OCC(=O)Nc2ccc(F)cc2F)C(=O)C12CCCCC2. The molecule has 1 aliphatic carbocycles. The van der Waals surface area contributed by atoms with E-state index in [2.05, 4.69) is 5.32 Å². The summed E-state index contributed by atoms with van der Waals surface area (Å²) < 4.78 is 31.2. The number of carbonyl (C=O) groups is 4. The van der Waals surface area contributed by atoms with E-state index in [1.165, 1.54) is 4.90 Å². The molecule has 1 saturated heterocycles. The molecule has 1 spiro atoms. The Hall–Kier alpha value is -3.04. The Balaban J connectivity index is 1.54. The van der Waals surface area contributed by atoms with Crippen LogP contribution in [0.3, 0.4) is 0 Å². The van der Waals surface area contributed by atoms with Crippen LogP contribution >= 0.6 is 0 Å². The van der Waals surface area contributed by atoms with Crippen LogP contribution in [0.5, 0.6) is 0 Å². The number of anilines is 1. The van der Waals surface area contributed by atoms with Crippen LogP contribution in [0.1, 0.15) is 32.1 Å². The van der Waals surface area contributed by atoms with Crippen molar-refractivity contribution in [3.05, 3.63) is 29.8 Å². The Morgan fingerprint density at radius 2 is 1.86 bits per heavy atom. The van der Waals surface area contributed by atoms with Gasteiger partial charge in [0.25, 0.3) is 11.8 Å². The first-order chi connectivity index (χ1) is 13.7. The van der Waals surface area contributed by atoms with Crippen molar-refractivity contribution < 1.29 is 32.7 Å². The van der Waals surface area contributed by atoms with Gasteiger partial charge in [-0.1, -0.05) is 19.3 Å². The second-order valence-electron chi connectivity index (χ2n) is 7.16. The van der Waals surface area contributed by atoms with Crippen molar-refractivity contribution in [3.63, 3.8) is 0 Å². The third-order valence-electron chi connectivity index (χ3n) is 5.34. The number of hydrogen-bond donors (Lipinski definition) is 1. The minimum atomic E-state index is -0.973. The molecular weight excluding hydrogens is 388 g/mol. The van der Waals surface area contributed by atoms with E-state index in [4.69, 9.17) is 4.74 Å². The number of amides is 4. The molecule has 1 N–H and O–H groups in total. The predicted molar refractivity (Wildman–Crippen MR) is 96.6 cm³/mol. The number of urea groups is 1. The molecule has 0 radical (unpaired) electrons. The lowest BCUT2D eigenvalue weighted by molar-refractivity contribution is -0.150. The van der Waals surface area contributed by atoms with Gasteiger partial charge in [-0.2, -0.15) is 0 Å². The number of likely N-dealkylation sites (N-methyl/N-ethyl adjacent to an activating group) is 1. The van der Waals surface area contributed by atoms with Crippen LogP contribution in [-0.4, -0.2) is 59.4 Å². The van der Waals surface area contributed by atoms with E-state index in [1.807, 2.05) is 0 Å². The number of ether oxygens (including phenoxy) is 1. The fourth-order valence-corrected chi connectivity index (χ4v) is 3.77. The molecule has 0 unspecified atom stereocenters. The number of esters is 1. The van der Waals surface area contributed by atoms with Gasteiger partial charge >= 0.3 is 12.0 Å². The summed E-state index contributed by atoms with van der Waals surface area (Å²) in [5, 5.41) is 2.14. The molecule has 1 aliphatic heterocycles. The van der Waals surface area contributed by atoms with Crippen molar-refractivity contribution >= 4 is 29.5 Å². The number of hydrogen-bond acceptors (Lipinski definition) is 5. The summed E-state index contributed by atoms with van der Waals surface area (Å²) in [6, 6.07) is 2.02. The van der Waals surface area contributed by atoms with Gasteiger partial charge in [0.15, 0.2) is 6.61 Å². The molecule has 1 saturated carbocycles.